The molecule has 0 unspecified atom stereocenters. The molecule has 2 aromatic rings. The zero-order valence-electron chi connectivity index (χ0n) is 16.9. The van der Waals surface area contributed by atoms with Gasteiger partial charge >= 0.3 is 7.12 Å². The van der Waals surface area contributed by atoms with Gasteiger partial charge in [-0.05, 0) is 37.6 Å². The molecule has 2 heterocycles. The van der Waals surface area contributed by atoms with Crippen LogP contribution in [0.4, 0.5) is 0 Å². The number of benzene rings is 1. The van der Waals surface area contributed by atoms with E-state index in [4.69, 9.17) is 9.31 Å². The minimum atomic E-state index is -1.19. The van der Waals surface area contributed by atoms with Crippen molar-refractivity contribution in [1.82, 2.24) is 9.55 Å². The first-order chi connectivity index (χ1) is 13.3. The lowest BCUT2D eigenvalue weighted by molar-refractivity contribution is -0.256. The Hall–Kier alpha value is -1.77. The molecule has 0 amide bonds. The smallest absolute Gasteiger partial charge is 0.494 e. The SMILES string of the molecule is CCCCc1nc(SC)c(C(=O)[O-])n1Cc1ccc(B2OCC(C)(C)O2)cc1. The molecule has 1 saturated heterocycles. The molecule has 1 aromatic carbocycles. The molecule has 8 heteroatoms. The first kappa shape index (κ1) is 21.0. The number of hydrogen-bond acceptors (Lipinski definition) is 6. The molecule has 0 spiro atoms. The van der Waals surface area contributed by atoms with E-state index >= 15 is 0 Å². The Morgan fingerprint density at radius 2 is 2.07 bits per heavy atom. The second kappa shape index (κ2) is 8.72. The highest BCUT2D eigenvalue weighted by Crippen LogP contribution is 2.24. The largest absolute Gasteiger partial charge is 0.543 e. The number of carbonyl (C=O) groups excluding carboxylic acids is 1. The third-order valence-corrected chi connectivity index (χ3v) is 5.43. The zero-order valence-corrected chi connectivity index (χ0v) is 17.7. The first-order valence-corrected chi connectivity index (χ1v) is 10.8. The average molecular weight is 401 g/mol. The lowest BCUT2D eigenvalue weighted by atomic mass is 9.79. The van der Waals surface area contributed by atoms with E-state index in [1.807, 2.05) is 44.4 Å². The summed E-state index contributed by atoms with van der Waals surface area (Å²) in [5, 5.41) is 12.3. The Labute approximate surface area is 170 Å². The Bertz CT molecular complexity index is 835. The number of aromatic carboxylic acids is 1. The van der Waals surface area contributed by atoms with Crippen molar-refractivity contribution < 1.29 is 19.2 Å². The zero-order chi connectivity index (χ0) is 20.3. The first-order valence-electron chi connectivity index (χ1n) is 9.57. The Morgan fingerprint density at radius 1 is 1.36 bits per heavy atom. The van der Waals surface area contributed by atoms with Crippen molar-refractivity contribution in [3.8, 4) is 0 Å². The molecule has 0 bridgehead atoms. The van der Waals surface area contributed by atoms with Crippen LogP contribution in [0.1, 0.15) is 55.5 Å². The number of aromatic nitrogens is 2. The number of nitrogens with zero attached hydrogens (tertiary/aromatic N) is 2. The number of hydrogen-bond donors (Lipinski definition) is 0. The molecule has 150 valence electrons. The molecular weight excluding hydrogens is 375 g/mol. The van der Waals surface area contributed by atoms with Crippen LogP contribution in [0, 0.1) is 0 Å². The van der Waals surface area contributed by atoms with Gasteiger partial charge < -0.3 is 23.8 Å². The van der Waals surface area contributed by atoms with Crippen LogP contribution < -0.4 is 10.6 Å². The van der Waals surface area contributed by atoms with E-state index in [1.165, 1.54) is 11.8 Å². The maximum absolute atomic E-state index is 11.7. The van der Waals surface area contributed by atoms with Crippen LogP contribution >= 0.6 is 11.8 Å². The standard InChI is InChI=1S/C20H27BN2O4S/c1-5-6-7-16-22-18(28-4)17(19(24)25)23(16)12-14-8-10-15(11-9-14)21-26-13-20(2,3)27-21/h8-11H,5-7,12-13H2,1-4H3,(H,24,25)/p-1. The van der Waals surface area contributed by atoms with Gasteiger partial charge in [-0.2, -0.15) is 0 Å². The predicted molar refractivity (Wildman–Crippen MR) is 109 cm³/mol. The van der Waals surface area contributed by atoms with Crippen LogP contribution in [0.25, 0.3) is 0 Å². The number of aryl methyl sites for hydroxylation is 1. The number of carbonyl (C=O) groups is 1. The molecule has 0 radical (unpaired) electrons. The van der Waals surface area contributed by atoms with Gasteiger partial charge in [0.2, 0.25) is 0 Å². The highest BCUT2D eigenvalue weighted by molar-refractivity contribution is 7.98. The molecule has 0 saturated carbocycles. The van der Waals surface area contributed by atoms with Crippen LogP contribution in [-0.4, -0.2) is 41.1 Å². The highest BCUT2D eigenvalue weighted by Gasteiger charge is 2.37. The molecule has 6 nitrogen and oxygen atoms in total. The molecule has 1 aliphatic heterocycles. The second-order valence-electron chi connectivity index (χ2n) is 7.63. The summed E-state index contributed by atoms with van der Waals surface area (Å²) in [7, 11) is -0.362. The molecule has 0 aliphatic carbocycles. The van der Waals surface area contributed by atoms with Gasteiger partial charge in [0.15, 0.2) is 0 Å². The molecule has 3 rings (SSSR count). The van der Waals surface area contributed by atoms with Gasteiger partial charge in [-0.3, -0.25) is 0 Å². The summed E-state index contributed by atoms with van der Waals surface area (Å²) in [6.45, 7) is 7.11. The van der Waals surface area contributed by atoms with Crippen LogP contribution in [0.3, 0.4) is 0 Å². The van der Waals surface area contributed by atoms with Crippen LogP contribution in [0.2, 0.25) is 0 Å². The fourth-order valence-electron chi connectivity index (χ4n) is 3.27. The Morgan fingerprint density at radius 3 is 2.61 bits per heavy atom. The maximum Gasteiger partial charge on any atom is 0.494 e. The number of carboxylic acids is 1. The van der Waals surface area contributed by atoms with Gasteiger partial charge in [-0.15, -0.1) is 11.8 Å². The summed E-state index contributed by atoms with van der Waals surface area (Å²) >= 11 is 1.34. The fourth-order valence-corrected chi connectivity index (χ4v) is 3.86. The van der Waals surface area contributed by atoms with E-state index in [0.29, 0.717) is 18.2 Å². The number of thioether (sulfide) groups is 1. The van der Waals surface area contributed by atoms with E-state index in [2.05, 4.69) is 11.9 Å². The molecule has 28 heavy (non-hydrogen) atoms. The monoisotopic (exact) mass is 401 g/mol. The molecule has 0 atom stereocenters. The van der Waals surface area contributed by atoms with E-state index in [-0.39, 0.29) is 18.4 Å². The summed E-state index contributed by atoms with van der Waals surface area (Å²) < 4.78 is 13.4. The van der Waals surface area contributed by atoms with Crippen molar-refractivity contribution in [3.63, 3.8) is 0 Å². The van der Waals surface area contributed by atoms with E-state index in [9.17, 15) is 9.90 Å². The summed E-state index contributed by atoms with van der Waals surface area (Å²) in [5.74, 6) is -0.398. The molecule has 1 aliphatic rings. The fraction of sp³-hybridized carbons (Fsp3) is 0.500. The molecule has 1 fully saturated rings. The minimum absolute atomic E-state index is 0.159. The summed E-state index contributed by atoms with van der Waals surface area (Å²) in [4.78, 5) is 16.3. The second-order valence-corrected chi connectivity index (χ2v) is 8.42. The van der Waals surface area contributed by atoms with Crippen molar-refractivity contribution in [3.05, 3.63) is 41.3 Å². The van der Waals surface area contributed by atoms with Crippen molar-refractivity contribution in [2.45, 2.75) is 57.2 Å². The predicted octanol–water partition coefficient (Wildman–Crippen LogP) is 1.88. The minimum Gasteiger partial charge on any atom is -0.543 e. The van der Waals surface area contributed by atoms with Crippen LogP contribution in [0.15, 0.2) is 29.3 Å². The summed E-state index contributed by atoms with van der Waals surface area (Å²) in [6.07, 6.45) is 4.56. The normalized spacial score (nSPS) is 15.9. The van der Waals surface area contributed by atoms with Crippen LogP contribution in [0.5, 0.6) is 0 Å². The van der Waals surface area contributed by atoms with Crippen LogP contribution in [-0.2, 0) is 22.3 Å². The number of carboxylic acid groups (broad SMARTS) is 1. The molecule has 0 N–H and O–H groups in total. The topological polar surface area (TPSA) is 76.4 Å². The number of imidazole rings is 1. The lowest BCUT2D eigenvalue weighted by Gasteiger charge is -2.16. The molecule has 1 aromatic heterocycles. The van der Waals surface area contributed by atoms with E-state index in [1.54, 1.807) is 4.57 Å². The van der Waals surface area contributed by atoms with Gasteiger partial charge in [0.25, 0.3) is 0 Å². The lowest BCUT2D eigenvalue weighted by Crippen LogP contribution is -2.34. The van der Waals surface area contributed by atoms with E-state index in [0.717, 1.165) is 36.1 Å². The quantitative estimate of drug-likeness (QED) is 0.497. The summed E-state index contributed by atoms with van der Waals surface area (Å²) in [6, 6.07) is 7.90. The summed E-state index contributed by atoms with van der Waals surface area (Å²) in [5.41, 5.74) is 1.82. The third-order valence-electron chi connectivity index (χ3n) is 4.76. The third kappa shape index (κ3) is 4.62. The highest BCUT2D eigenvalue weighted by atomic mass is 32.2. The Balaban J connectivity index is 1.84. The number of unbranched alkanes of at least 4 members (excludes halogenated alkanes) is 1. The van der Waals surface area contributed by atoms with Gasteiger partial charge in [0.05, 0.1) is 23.9 Å². The van der Waals surface area contributed by atoms with E-state index < -0.39 is 5.97 Å². The van der Waals surface area contributed by atoms with Crippen molar-refractivity contribution in [2.75, 3.05) is 12.9 Å². The van der Waals surface area contributed by atoms with Crippen molar-refractivity contribution in [1.29, 1.82) is 0 Å². The number of rotatable bonds is 8. The van der Waals surface area contributed by atoms with Crippen molar-refractivity contribution >= 4 is 30.3 Å². The average Bonchev–Trinajstić information content (AvgIpc) is 3.20. The maximum atomic E-state index is 11.7. The Kier molecular flexibility index (Phi) is 6.52. The van der Waals surface area contributed by atoms with Gasteiger partial charge in [0, 0.05) is 13.0 Å². The van der Waals surface area contributed by atoms with Gasteiger partial charge in [-0.1, -0.05) is 37.6 Å². The van der Waals surface area contributed by atoms with Crippen molar-refractivity contribution in [2.24, 2.45) is 0 Å². The van der Waals surface area contributed by atoms with Gasteiger partial charge in [0.1, 0.15) is 10.9 Å². The van der Waals surface area contributed by atoms with Gasteiger partial charge in [-0.25, -0.2) is 4.98 Å². The molecular formula is C20H26BN2O4S-.